The van der Waals surface area contributed by atoms with Crippen LogP contribution in [-0.2, 0) is 0 Å². The van der Waals surface area contributed by atoms with Crippen molar-refractivity contribution in [3.63, 3.8) is 0 Å². The van der Waals surface area contributed by atoms with Gasteiger partial charge in [0.05, 0.1) is 0 Å². The molecule has 0 aromatic heterocycles. The van der Waals surface area contributed by atoms with Crippen LogP contribution in [0.4, 0.5) is 0 Å². The lowest BCUT2D eigenvalue weighted by Crippen LogP contribution is -1.75. The molecule has 6 aromatic carbocycles. The van der Waals surface area contributed by atoms with Gasteiger partial charge in [-0.25, -0.2) is 0 Å². The summed E-state index contributed by atoms with van der Waals surface area (Å²) in [7, 11) is 0. The van der Waals surface area contributed by atoms with Gasteiger partial charge in [0, 0.05) is 0 Å². The zero-order valence-electron chi connectivity index (χ0n) is 16.0. The van der Waals surface area contributed by atoms with Crippen LogP contribution in [0.15, 0.2) is 121 Å². The summed E-state index contributed by atoms with van der Waals surface area (Å²) in [6.45, 7) is 0. The van der Waals surface area contributed by atoms with Gasteiger partial charge in [-0.05, 0) is 43.1 Å². The Morgan fingerprint density at radius 1 is 0.241 bits per heavy atom. The highest BCUT2D eigenvalue weighted by atomic mass is 32.1. The maximum Gasteiger partial charge on any atom is -0.0105 e. The molecular formula is C28H22S. The van der Waals surface area contributed by atoms with E-state index in [0.717, 1.165) is 0 Å². The van der Waals surface area contributed by atoms with Crippen molar-refractivity contribution >= 4 is 56.6 Å². The quantitative estimate of drug-likeness (QED) is 0.230. The fourth-order valence-corrected chi connectivity index (χ4v) is 3.91. The molecule has 140 valence electrons. The molecule has 0 aliphatic rings. The van der Waals surface area contributed by atoms with E-state index in [0.29, 0.717) is 0 Å². The molecule has 0 atom stereocenters. The topological polar surface area (TPSA) is 0 Å². The van der Waals surface area contributed by atoms with Gasteiger partial charge in [-0.2, -0.15) is 13.5 Å². The number of rotatable bonds is 0. The molecule has 0 amide bonds. The standard InChI is InChI=1S/2C14H10.H2S/c2*1-3-7-13-11(5-1)9-10-12-6-2-4-8-14(12)13;/h2*1-10H;1H2. The van der Waals surface area contributed by atoms with E-state index in [9.17, 15) is 0 Å². The van der Waals surface area contributed by atoms with E-state index < -0.39 is 0 Å². The van der Waals surface area contributed by atoms with Crippen LogP contribution >= 0.6 is 13.5 Å². The van der Waals surface area contributed by atoms with Crippen LogP contribution in [-0.4, -0.2) is 0 Å². The monoisotopic (exact) mass is 390 g/mol. The number of hydrogen-bond acceptors (Lipinski definition) is 0. The largest absolute Gasteiger partial charge is 0.197 e. The molecule has 29 heavy (non-hydrogen) atoms. The minimum atomic E-state index is 0. The third kappa shape index (κ3) is 3.70. The van der Waals surface area contributed by atoms with Crippen molar-refractivity contribution in [2.24, 2.45) is 0 Å². The second kappa shape index (κ2) is 8.38. The molecule has 0 unspecified atom stereocenters. The first-order valence-electron chi connectivity index (χ1n) is 9.63. The van der Waals surface area contributed by atoms with Gasteiger partial charge in [0.15, 0.2) is 0 Å². The maximum absolute atomic E-state index is 2.18. The Morgan fingerprint density at radius 3 is 0.690 bits per heavy atom. The van der Waals surface area contributed by atoms with Crippen LogP contribution in [0.25, 0.3) is 43.1 Å². The average Bonchev–Trinajstić information content (AvgIpc) is 2.79. The summed E-state index contributed by atoms with van der Waals surface area (Å²) in [4.78, 5) is 0. The summed E-state index contributed by atoms with van der Waals surface area (Å²) >= 11 is 0. The second-order valence-electron chi connectivity index (χ2n) is 7.02. The predicted octanol–water partition coefficient (Wildman–Crippen LogP) is 8.10. The first-order chi connectivity index (χ1) is 13.9. The van der Waals surface area contributed by atoms with E-state index >= 15 is 0 Å². The van der Waals surface area contributed by atoms with Crippen molar-refractivity contribution in [2.45, 2.75) is 0 Å². The molecule has 0 N–H and O–H groups in total. The van der Waals surface area contributed by atoms with Crippen molar-refractivity contribution in [1.29, 1.82) is 0 Å². The molecule has 0 bridgehead atoms. The van der Waals surface area contributed by atoms with Gasteiger partial charge >= 0.3 is 0 Å². The fourth-order valence-electron chi connectivity index (χ4n) is 3.91. The molecule has 0 radical (unpaired) electrons. The molecule has 0 aliphatic carbocycles. The predicted molar refractivity (Wildman–Crippen MR) is 133 cm³/mol. The van der Waals surface area contributed by atoms with E-state index in [1.807, 2.05) is 0 Å². The molecular weight excluding hydrogens is 368 g/mol. The summed E-state index contributed by atoms with van der Waals surface area (Å²) in [6.07, 6.45) is 0. The highest BCUT2D eigenvalue weighted by Crippen LogP contribution is 2.25. The van der Waals surface area contributed by atoms with Gasteiger partial charge in [0.1, 0.15) is 0 Å². The minimum absolute atomic E-state index is 0. The fraction of sp³-hybridized carbons (Fsp3) is 0. The van der Waals surface area contributed by atoms with Gasteiger partial charge < -0.3 is 0 Å². The zero-order chi connectivity index (χ0) is 18.8. The molecule has 0 spiro atoms. The molecule has 0 saturated carbocycles. The second-order valence-corrected chi connectivity index (χ2v) is 7.02. The molecule has 0 fully saturated rings. The van der Waals surface area contributed by atoms with E-state index in [-0.39, 0.29) is 13.5 Å². The average molecular weight is 391 g/mol. The van der Waals surface area contributed by atoms with Crippen LogP contribution in [0.2, 0.25) is 0 Å². The van der Waals surface area contributed by atoms with E-state index in [2.05, 4.69) is 121 Å². The smallest absolute Gasteiger partial charge is 0.0105 e. The lowest BCUT2D eigenvalue weighted by atomic mass is 10.0. The molecule has 6 rings (SSSR count). The highest BCUT2D eigenvalue weighted by Gasteiger charge is 1.98. The Bertz CT molecular complexity index is 1200. The van der Waals surface area contributed by atoms with Crippen LogP contribution in [0.1, 0.15) is 0 Å². The normalized spacial score (nSPS) is 10.5. The molecule has 6 aromatic rings. The van der Waals surface area contributed by atoms with Gasteiger partial charge in [-0.15, -0.1) is 0 Å². The highest BCUT2D eigenvalue weighted by molar-refractivity contribution is 7.59. The number of benzene rings is 6. The van der Waals surface area contributed by atoms with Crippen LogP contribution in [0.3, 0.4) is 0 Å². The lowest BCUT2D eigenvalue weighted by molar-refractivity contribution is 1.76. The first kappa shape index (κ1) is 19.0. The molecule has 0 saturated heterocycles. The third-order valence-corrected chi connectivity index (χ3v) is 5.31. The Balaban J connectivity index is 0.000000137. The van der Waals surface area contributed by atoms with E-state index in [4.69, 9.17) is 0 Å². The van der Waals surface area contributed by atoms with E-state index in [1.54, 1.807) is 0 Å². The van der Waals surface area contributed by atoms with Crippen molar-refractivity contribution < 1.29 is 0 Å². The van der Waals surface area contributed by atoms with Gasteiger partial charge in [0.2, 0.25) is 0 Å². The minimum Gasteiger partial charge on any atom is -0.197 e. The zero-order valence-corrected chi connectivity index (χ0v) is 17.0. The van der Waals surface area contributed by atoms with Gasteiger partial charge in [0.25, 0.3) is 0 Å². The summed E-state index contributed by atoms with van der Waals surface area (Å²) in [6, 6.07) is 42.7. The van der Waals surface area contributed by atoms with Gasteiger partial charge in [-0.1, -0.05) is 121 Å². The lowest BCUT2D eigenvalue weighted by Gasteiger charge is -2.02. The number of hydrogen-bond donors (Lipinski definition) is 0. The summed E-state index contributed by atoms with van der Waals surface area (Å²) in [5.41, 5.74) is 0. The molecule has 1 heteroatoms. The molecule has 0 aliphatic heterocycles. The molecule has 0 heterocycles. The van der Waals surface area contributed by atoms with Crippen molar-refractivity contribution in [1.82, 2.24) is 0 Å². The van der Waals surface area contributed by atoms with Crippen molar-refractivity contribution in [3.05, 3.63) is 121 Å². The summed E-state index contributed by atoms with van der Waals surface area (Å²) in [5.74, 6) is 0. The summed E-state index contributed by atoms with van der Waals surface area (Å²) in [5, 5.41) is 10.6. The third-order valence-electron chi connectivity index (χ3n) is 5.31. The van der Waals surface area contributed by atoms with Crippen molar-refractivity contribution in [3.8, 4) is 0 Å². The first-order valence-corrected chi connectivity index (χ1v) is 9.63. The summed E-state index contributed by atoms with van der Waals surface area (Å²) < 4.78 is 0. The van der Waals surface area contributed by atoms with Gasteiger partial charge in [-0.3, -0.25) is 0 Å². The SMILES string of the molecule is S.c1ccc2c(c1)ccc1ccccc12.c1ccc2c(c1)ccc1ccccc12. The Kier molecular flexibility index (Phi) is 5.50. The van der Waals surface area contributed by atoms with Crippen LogP contribution < -0.4 is 0 Å². The van der Waals surface area contributed by atoms with Crippen molar-refractivity contribution in [2.75, 3.05) is 0 Å². The van der Waals surface area contributed by atoms with E-state index in [1.165, 1.54) is 43.1 Å². The number of fused-ring (bicyclic) bond motifs is 6. The molecule has 0 nitrogen and oxygen atoms in total. The van der Waals surface area contributed by atoms with Crippen LogP contribution in [0, 0.1) is 0 Å². The Labute approximate surface area is 177 Å². The van der Waals surface area contributed by atoms with Crippen LogP contribution in [0.5, 0.6) is 0 Å². The Morgan fingerprint density at radius 2 is 0.448 bits per heavy atom. The maximum atomic E-state index is 2.18. The Hall–Kier alpha value is -3.29.